The minimum absolute atomic E-state index is 0.123. The van der Waals surface area contributed by atoms with Crippen molar-refractivity contribution < 1.29 is 18.0 Å². The molecule has 0 unspecified atom stereocenters. The van der Waals surface area contributed by atoms with Gasteiger partial charge in [-0.25, -0.2) is 8.42 Å². The number of carbonyl (C=O) groups excluding carboxylic acids is 2. The van der Waals surface area contributed by atoms with Gasteiger partial charge in [-0.05, 0) is 44.9 Å². The molecule has 7 nitrogen and oxygen atoms in total. The van der Waals surface area contributed by atoms with Crippen molar-refractivity contribution in [2.45, 2.75) is 51.6 Å². The minimum atomic E-state index is -3.84. The fourth-order valence-corrected chi connectivity index (χ4v) is 4.36. The van der Waals surface area contributed by atoms with Crippen molar-refractivity contribution in [3.8, 4) is 0 Å². The van der Waals surface area contributed by atoms with Gasteiger partial charge in [0.25, 0.3) is 0 Å². The van der Waals surface area contributed by atoms with Crippen molar-refractivity contribution >= 4 is 21.8 Å². The zero-order valence-corrected chi connectivity index (χ0v) is 20.3. The molecular formula is C24H33N3O4S. The molecule has 0 aromatic heterocycles. The highest BCUT2D eigenvalue weighted by Crippen LogP contribution is 2.17. The molecule has 2 aromatic carbocycles. The summed E-state index contributed by atoms with van der Waals surface area (Å²) in [6, 6.07) is 13.4. The Labute approximate surface area is 191 Å². The maximum atomic E-state index is 13.2. The van der Waals surface area contributed by atoms with Crippen LogP contribution in [-0.2, 0) is 26.2 Å². The van der Waals surface area contributed by atoms with Crippen LogP contribution in [-0.4, -0.2) is 55.6 Å². The van der Waals surface area contributed by atoms with Crippen LogP contribution in [0.2, 0.25) is 0 Å². The molecule has 0 radical (unpaired) electrons. The number of amides is 2. The summed E-state index contributed by atoms with van der Waals surface area (Å²) >= 11 is 0. The average molecular weight is 460 g/mol. The molecule has 2 rings (SSSR count). The SMILES string of the molecule is CCCNC(=O)[C@@H](C)N(Cc1cccc(C)c1)C(=O)CN(C)S(=O)(=O)c1ccc(C)cc1. The highest BCUT2D eigenvalue weighted by Gasteiger charge is 2.30. The van der Waals surface area contributed by atoms with Crippen molar-refractivity contribution in [3.63, 3.8) is 0 Å². The molecule has 0 spiro atoms. The summed E-state index contributed by atoms with van der Waals surface area (Å²) < 4.78 is 26.9. The normalized spacial score (nSPS) is 12.4. The molecule has 32 heavy (non-hydrogen) atoms. The zero-order valence-electron chi connectivity index (χ0n) is 19.5. The Morgan fingerprint density at radius 3 is 2.28 bits per heavy atom. The zero-order chi connectivity index (χ0) is 23.9. The highest BCUT2D eigenvalue weighted by atomic mass is 32.2. The summed E-state index contributed by atoms with van der Waals surface area (Å²) in [4.78, 5) is 27.4. The van der Waals surface area contributed by atoms with Crippen LogP contribution in [0.15, 0.2) is 53.4 Å². The number of carbonyl (C=O) groups is 2. The molecule has 174 valence electrons. The van der Waals surface area contributed by atoms with E-state index in [0.29, 0.717) is 6.54 Å². The van der Waals surface area contributed by atoms with E-state index in [1.165, 1.54) is 24.1 Å². The monoisotopic (exact) mass is 459 g/mol. The molecule has 0 aliphatic carbocycles. The van der Waals surface area contributed by atoms with Crippen molar-refractivity contribution in [1.82, 2.24) is 14.5 Å². The molecule has 0 saturated heterocycles. The standard InChI is InChI=1S/C24H33N3O4S/c1-6-14-25-24(29)20(4)27(16-21-9-7-8-19(3)15-21)23(28)17-26(5)32(30,31)22-12-10-18(2)11-13-22/h7-13,15,20H,6,14,16-17H2,1-5H3,(H,25,29)/t20-/m1/s1. The van der Waals surface area contributed by atoms with E-state index in [1.807, 2.05) is 45.0 Å². The van der Waals surface area contributed by atoms with Gasteiger partial charge < -0.3 is 10.2 Å². The Bertz CT molecular complexity index is 1040. The molecule has 0 saturated carbocycles. The van der Waals surface area contributed by atoms with Crippen LogP contribution in [0.5, 0.6) is 0 Å². The van der Waals surface area contributed by atoms with Crippen LogP contribution >= 0.6 is 0 Å². The molecule has 0 heterocycles. The first-order valence-corrected chi connectivity index (χ1v) is 12.2. The second kappa shape index (κ2) is 11.2. The molecule has 0 fully saturated rings. The van der Waals surface area contributed by atoms with Gasteiger partial charge in [-0.3, -0.25) is 9.59 Å². The maximum absolute atomic E-state index is 13.2. The fraction of sp³-hybridized carbons (Fsp3) is 0.417. The summed E-state index contributed by atoms with van der Waals surface area (Å²) in [5.74, 6) is -0.708. The Kier molecular flexibility index (Phi) is 8.98. The van der Waals surface area contributed by atoms with Crippen LogP contribution in [0.4, 0.5) is 0 Å². The van der Waals surface area contributed by atoms with E-state index in [1.54, 1.807) is 19.1 Å². The second-order valence-electron chi connectivity index (χ2n) is 8.05. The van der Waals surface area contributed by atoms with Gasteiger partial charge in [-0.2, -0.15) is 4.31 Å². The van der Waals surface area contributed by atoms with Crippen molar-refractivity contribution in [2.75, 3.05) is 20.1 Å². The summed E-state index contributed by atoms with van der Waals surface area (Å²) in [6.45, 7) is 7.79. The third-order valence-electron chi connectivity index (χ3n) is 5.24. The number of sulfonamides is 1. The number of rotatable bonds is 10. The lowest BCUT2D eigenvalue weighted by atomic mass is 10.1. The molecule has 1 N–H and O–H groups in total. The Morgan fingerprint density at radius 2 is 1.69 bits per heavy atom. The van der Waals surface area contributed by atoms with Crippen molar-refractivity contribution in [1.29, 1.82) is 0 Å². The van der Waals surface area contributed by atoms with E-state index >= 15 is 0 Å². The number of likely N-dealkylation sites (N-methyl/N-ethyl adjacent to an activating group) is 1. The number of hydrogen-bond acceptors (Lipinski definition) is 4. The first-order valence-electron chi connectivity index (χ1n) is 10.7. The van der Waals surface area contributed by atoms with Crippen molar-refractivity contribution in [2.24, 2.45) is 0 Å². The summed E-state index contributed by atoms with van der Waals surface area (Å²) in [5.41, 5.74) is 2.86. The van der Waals surface area contributed by atoms with Gasteiger partial charge in [0.1, 0.15) is 6.04 Å². The van der Waals surface area contributed by atoms with E-state index in [2.05, 4.69) is 5.32 Å². The highest BCUT2D eigenvalue weighted by molar-refractivity contribution is 7.89. The van der Waals surface area contributed by atoms with Crippen LogP contribution in [0.25, 0.3) is 0 Å². The van der Waals surface area contributed by atoms with E-state index in [-0.39, 0.29) is 23.9 Å². The Balaban J connectivity index is 2.25. The van der Waals surface area contributed by atoms with Crippen LogP contribution in [0, 0.1) is 13.8 Å². The van der Waals surface area contributed by atoms with Crippen molar-refractivity contribution in [3.05, 3.63) is 65.2 Å². The minimum Gasteiger partial charge on any atom is -0.354 e. The first-order chi connectivity index (χ1) is 15.1. The smallest absolute Gasteiger partial charge is 0.243 e. The van der Waals surface area contributed by atoms with Crippen LogP contribution < -0.4 is 5.32 Å². The molecule has 2 amide bonds. The molecule has 0 aliphatic rings. The largest absolute Gasteiger partial charge is 0.354 e. The third kappa shape index (κ3) is 6.64. The second-order valence-corrected chi connectivity index (χ2v) is 10.1. The lowest BCUT2D eigenvalue weighted by molar-refractivity contribution is -0.140. The van der Waals surface area contributed by atoms with Crippen LogP contribution in [0.3, 0.4) is 0 Å². The molecule has 1 atom stereocenters. The van der Waals surface area contributed by atoms with Gasteiger partial charge in [-0.15, -0.1) is 0 Å². The van der Waals surface area contributed by atoms with Crippen LogP contribution in [0.1, 0.15) is 37.0 Å². The quantitative estimate of drug-likeness (QED) is 0.592. The molecule has 0 bridgehead atoms. The average Bonchev–Trinajstić information content (AvgIpc) is 2.75. The first kappa shape index (κ1) is 25.5. The summed E-state index contributed by atoms with van der Waals surface area (Å²) in [7, 11) is -2.46. The van der Waals surface area contributed by atoms with E-state index < -0.39 is 22.0 Å². The van der Waals surface area contributed by atoms with Gasteiger partial charge in [0.2, 0.25) is 21.8 Å². The number of nitrogens with zero attached hydrogens (tertiary/aromatic N) is 2. The molecular weight excluding hydrogens is 426 g/mol. The van der Waals surface area contributed by atoms with Gasteiger partial charge in [0.05, 0.1) is 11.4 Å². The van der Waals surface area contributed by atoms with Gasteiger partial charge >= 0.3 is 0 Å². The van der Waals surface area contributed by atoms with E-state index in [9.17, 15) is 18.0 Å². The third-order valence-corrected chi connectivity index (χ3v) is 7.06. The Morgan fingerprint density at radius 1 is 1.03 bits per heavy atom. The van der Waals surface area contributed by atoms with E-state index in [4.69, 9.17) is 0 Å². The molecule has 2 aromatic rings. The number of aryl methyl sites for hydroxylation is 2. The summed E-state index contributed by atoms with van der Waals surface area (Å²) in [6.07, 6.45) is 0.780. The number of nitrogens with one attached hydrogen (secondary N) is 1. The lowest BCUT2D eigenvalue weighted by Gasteiger charge is -2.30. The Hall–Kier alpha value is -2.71. The maximum Gasteiger partial charge on any atom is 0.243 e. The van der Waals surface area contributed by atoms with E-state index in [0.717, 1.165) is 27.4 Å². The molecule has 0 aliphatic heterocycles. The van der Waals surface area contributed by atoms with Gasteiger partial charge in [-0.1, -0.05) is 54.4 Å². The lowest BCUT2D eigenvalue weighted by Crippen LogP contribution is -2.50. The predicted molar refractivity (Wildman–Crippen MR) is 125 cm³/mol. The number of benzene rings is 2. The van der Waals surface area contributed by atoms with Gasteiger partial charge in [0, 0.05) is 20.1 Å². The topological polar surface area (TPSA) is 86.8 Å². The predicted octanol–water partition coefficient (Wildman–Crippen LogP) is 2.87. The molecule has 8 heteroatoms. The number of hydrogen-bond donors (Lipinski definition) is 1. The fourth-order valence-electron chi connectivity index (χ4n) is 3.24. The van der Waals surface area contributed by atoms with Gasteiger partial charge in [0.15, 0.2) is 0 Å². The summed E-state index contributed by atoms with van der Waals surface area (Å²) in [5, 5.41) is 2.81.